The summed E-state index contributed by atoms with van der Waals surface area (Å²) in [5.74, 6) is 5.02. The molecule has 18 heavy (non-hydrogen) atoms. The molecule has 1 aromatic rings. The van der Waals surface area contributed by atoms with Crippen molar-refractivity contribution in [1.29, 1.82) is 0 Å². The first kappa shape index (κ1) is 16.6. The summed E-state index contributed by atoms with van der Waals surface area (Å²) in [6.45, 7) is 4.09. The van der Waals surface area contributed by atoms with Crippen molar-refractivity contribution < 1.29 is 4.79 Å². The van der Waals surface area contributed by atoms with E-state index < -0.39 is 0 Å². The number of carbonyl (C=O) groups excluding carboxylic acids is 1. The van der Waals surface area contributed by atoms with Crippen LogP contribution in [0, 0.1) is 5.92 Å². The van der Waals surface area contributed by atoms with Gasteiger partial charge in [-0.3, -0.25) is 15.2 Å². The van der Waals surface area contributed by atoms with E-state index in [1.807, 2.05) is 25.1 Å². The Morgan fingerprint density at radius 2 is 1.89 bits per heavy atom. The number of carbonyl (C=O) groups is 1. The maximum atomic E-state index is 10.9. The lowest BCUT2D eigenvalue weighted by molar-refractivity contribution is -0.124. The van der Waals surface area contributed by atoms with Gasteiger partial charge in [-0.1, -0.05) is 45.6 Å². The molecule has 0 fully saturated rings. The molecule has 1 heterocycles. The van der Waals surface area contributed by atoms with Crippen molar-refractivity contribution in [3.8, 4) is 0 Å². The predicted octanol–water partition coefficient (Wildman–Crippen LogP) is 2.66. The Morgan fingerprint density at radius 1 is 1.22 bits per heavy atom. The number of pyridine rings is 1. The number of amides is 1. The van der Waals surface area contributed by atoms with E-state index in [1.54, 1.807) is 12.4 Å². The van der Waals surface area contributed by atoms with Crippen LogP contribution in [0.3, 0.4) is 0 Å². The Kier molecular flexibility index (Phi) is 11.1. The number of rotatable bonds is 6. The molecule has 0 aliphatic rings. The highest BCUT2D eigenvalue weighted by atomic mass is 16.2. The molecule has 1 aromatic heterocycles. The highest BCUT2D eigenvalue weighted by Gasteiger charge is 2.09. The third kappa shape index (κ3) is 9.78. The summed E-state index contributed by atoms with van der Waals surface area (Å²) in [6.07, 6.45) is 9.29. The largest absolute Gasteiger partial charge is 0.294 e. The van der Waals surface area contributed by atoms with Crippen LogP contribution >= 0.6 is 0 Å². The zero-order valence-corrected chi connectivity index (χ0v) is 11.4. The van der Waals surface area contributed by atoms with Gasteiger partial charge >= 0.3 is 0 Å². The number of nitrogens with two attached hydrogens (primary N) is 1. The van der Waals surface area contributed by atoms with Crippen molar-refractivity contribution in [3.05, 3.63) is 30.6 Å². The van der Waals surface area contributed by atoms with Gasteiger partial charge in [0.05, 0.1) is 0 Å². The van der Waals surface area contributed by atoms with Gasteiger partial charge in [0.25, 0.3) is 0 Å². The number of hydrogen-bond donors (Lipinski definition) is 2. The van der Waals surface area contributed by atoms with Crippen LogP contribution in [-0.2, 0) is 4.79 Å². The van der Waals surface area contributed by atoms with Crippen LogP contribution in [-0.4, -0.2) is 10.9 Å². The average Bonchev–Trinajstić information content (AvgIpc) is 2.45. The van der Waals surface area contributed by atoms with Crippen LogP contribution in [0.1, 0.15) is 46.0 Å². The maximum Gasteiger partial charge on any atom is 0.236 e. The lowest BCUT2D eigenvalue weighted by Crippen LogP contribution is -2.34. The molecule has 1 rings (SSSR count). The Bertz CT molecular complexity index is 264. The fourth-order valence-electron chi connectivity index (χ4n) is 1.46. The molecule has 0 aromatic carbocycles. The van der Waals surface area contributed by atoms with E-state index in [0.717, 1.165) is 12.8 Å². The van der Waals surface area contributed by atoms with E-state index in [9.17, 15) is 4.79 Å². The first-order valence-electron chi connectivity index (χ1n) is 6.57. The van der Waals surface area contributed by atoms with Crippen LogP contribution in [0.2, 0.25) is 0 Å². The fraction of sp³-hybridized carbons (Fsp3) is 0.571. The van der Waals surface area contributed by atoms with Crippen LogP contribution in [0.5, 0.6) is 0 Å². The first-order valence-corrected chi connectivity index (χ1v) is 6.57. The lowest BCUT2D eigenvalue weighted by atomic mass is 10.0. The molecule has 0 saturated carbocycles. The van der Waals surface area contributed by atoms with Crippen molar-refractivity contribution in [3.63, 3.8) is 0 Å². The molecule has 3 N–H and O–H groups in total. The average molecular weight is 251 g/mol. The first-order chi connectivity index (χ1) is 8.72. The molecule has 1 amide bonds. The third-order valence-corrected chi connectivity index (χ3v) is 2.65. The standard InChI is InChI=1S/C9H20N2O.C5H5N/c1-3-4-5-6-7-8(2)9(12)11-10;1-2-4-6-5-3-1/h8H,3-7,10H2,1-2H3,(H,11,12);1-5H. The van der Waals surface area contributed by atoms with E-state index in [1.165, 1.54) is 19.3 Å². The van der Waals surface area contributed by atoms with Gasteiger partial charge in [-0.2, -0.15) is 0 Å². The zero-order chi connectivity index (χ0) is 13.6. The van der Waals surface area contributed by atoms with Crippen LogP contribution in [0.15, 0.2) is 30.6 Å². The van der Waals surface area contributed by atoms with E-state index >= 15 is 0 Å². The van der Waals surface area contributed by atoms with Crippen molar-refractivity contribution >= 4 is 5.91 Å². The number of aromatic nitrogens is 1. The Morgan fingerprint density at radius 3 is 2.28 bits per heavy atom. The molecule has 0 spiro atoms. The summed E-state index contributed by atoms with van der Waals surface area (Å²) in [5, 5.41) is 0. The van der Waals surface area contributed by atoms with Crippen LogP contribution < -0.4 is 11.3 Å². The van der Waals surface area contributed by atoms with Gasteiger partial charge in [0, 0.05) is 18.3 Å². The predicted molar refractivity (Wildman–Crippen MR) is 74.5 cm³/mol. The molecule has 4 heteroatoms. The molecule has 1 unspecified atom stereocenters. The minimum Gasteiger partial charge on any atom is -0.294 e. The topological polar surface area (TPSA) is 68.0 Å². The van der Waals surface area contributed by atoms with E-state index in [-0.39, 0.29) is 11.8 Å². The van der Waals surface area contributed by atoms with Crippen molar-refractivity contribution in [2.45, 2.75) is 46.0 Å². The quantitative estimate of drug-likeness (QED) is 0.353. The Labute approximate surface area is 110 Å². The SMILES string of the molecule is CCCCCCC(C)C(=O)NN.c1ccncc1. The smallest absolute Gasteiger partial charge is 0.236 e. The van der Waals surface area contributed by atoms with Crippen molar-refractivity contribution in [2.75, 3.05) is 0 Å². The van der Waals surface area contributed by atoms with E-state index in [2.05, 4.69) is 17.3 Å². The highest BCUT2D eigenvalue weighted by Crippen LogP contribution is 2.09. The molecule has 0 saturated heterocycles. The molecule has 0 radical (unpaired) electrons. The minimum absolute atomic E-state index is 0.0495. The zero-order valence-electron chi connectivity index (χ0n) is 11.4. The van der Waals surface area contributed by atoms with Crippen molar-refractivity contribution in [2.24, 2.45) is 11.8 Å². The van der Waals surface area contributed by atoms with Gasteiger partial charge in [-0.15, -0.1) is 0 Å². The summed E-state index contributed by atoms with van der Waals surface area (Å²) in [7, 11) is 0. The van der Waals surface area contributed by atoms with Gasteiger partial charge < -0.3 is 0 Å². The molecular weight excluding hydrogens is 226 g/mol. The van der Waals surface area contributed by atoms with Gasteiger partial charge in [0.15, 0.2) is 0 Å². The van der Waals surface area contributed by atoms with Gasteiger partial charge in [0.2, 0.25) is 5.91 Å². The monoisotopic (exact) mass is 251 g/mol. The molecule has 102 valence electrons. The molecule has 0 aliphatic carbocycles. The number of unbranched alkanes of at least 4 members (excludes halogenated alkanes) is 3. The summed E-state index contributed by atoms with van der Waals surface area (Å²) < 4.78 is 0. The summed E-state index contributed by atoms with van der Waals surface area (Å²) in [4.78, 5) is 14.7. The van der Waals surface area contributed by atoms with Gasteiger partial charge in [-0.05, 0) is 18.6 Å². The number of nitrogens with zero attached hydrogens (tertiary/aromatic N) is 1. The molecule has 0 aliphatic heterocycles. The lowest BCUT2D eigenvalue weighted by Gasteiger charge is -2.08. The number of nitrogens with one attached hydrogen (secondary N) is 1. The highest BCUT2D eigenvalue weighted by molar-refractivity contribution is 5.77. The molecule has 4 nitrogen and oxygen atoms in total. The Hall–Kier alpha value is -1.42. The van der Waals surface area contributed by atoms with Crippen LogP contribution in [0.25, 0.3) is 0 Å². The van der Waals surface area contributed by atoms with Crippen LogP contribution in [0.4, 0.5) is 0 Å². The van der Waals surface area contributed by atoms with Crippen molar-refractivity contribution in [1.82, 2.24) is 10.4 Å². The third-order valence-electron chi connectivity index (χ3n) is 2.65. The maximum absolute atomic E-state index is 10.9. The second-order valence-corrected chi connectivity index (χ2v) is 4.28. The normalized spacial score (nSPS) is 11.1. The second-order valence-electron chi connectivity index (χ2n) is 4.28. The van der Waals surface area contributed by atoms with Gasteiger partial charge in [-0.25, -0.2) is 5.84 Å². The van der Waals surface area contributed by atoms with Gasteiger partial charge in [0.1, 0.15) is 0 Å². The Balaban J connectivity index is 0.000000397. The summed E-state index contributed by atoms with van der Waals surface area (Å²) in [6, 6.07) is 5.72. The summed E-state index contributed by atoms with van der Waals surface area (Å²) >= 11 is 0. The van der Waals surface area contributed by atoms with E-state index in [4.69, 9.17) is 5.84 Å². The molecular formula is C14H25N3O. The van der Waals surface area contributed by atoms with E-state index in [0.29, 0.717) is 0 Å². The second kappa shape index (κ2) is 12.0. The number of hydrogen-bond acceptors (Lipinski definition) is 3. The fourth-order valence-corrected chi connectivity index (χ4v) is 1.46. The molecule has 0 bridgehead atoms. The number of hydrazine groups is 1. The summed E-state index contributed by atoms with van der Waals surface area (Å²) in [5.41, 5.74) is 2.17. The minimum atomic E-state index is -0.0495. The molecule has 1 atom stereocenters.